The molecule has 3 heteroatoms. The summed E-state index contributed by atoms with van der Waals surface area (Å²) in [6.45, 7) is 5.84. The quantitative estimate of drug-likeness (QED) is 0.723. The highest BCUT2D eigenvalue weighted by Crippen LogP contribution is 2.20. The molecule has 90 valence electrons. The Labute approximate surface area is 93.6 Å². The molecule has 0 saturated carbocycles. The monoisotopic (exact) mass is 214 g/mol. The third-order valence-corrected chi connectivity index (χ3v) is 3.51. The van der Waals surface area contributed by atoms with Crippen molar-refractivity contribution in [1.82, 2.24) is 4.90 Å². The molecule has 1 fully saturated rings. The Morgan fingerprint density at radius 1 is 1.40 bits per heavy atom. The summed E-state index contributed by atoms with van der Waals surface area (Å²) in [5, 5.41) is 8.80. The van der Waals surface area contributed by atoms with E-state index in [1.807, 2.05) is 0 Å². The van der Waals surface area contributed by atoms with E-state index in [-0.39, 0.29) is 12.6 Å². The van der Waals surface area contributed by atoms with Crippen LogP contribution < -0.4 is 5.73 Å². The normalized spacial score (nSPS) is 26.2. The summed E-state index contributed by atoms with van der Waals surface area (Å²) in [5.41, 5.74) is 5.93. The molecule has 0 aromatic rings. The maximum atomic E-state index is 8.80. The average Bonchev–Trinajstić information content (AvgIpc) is 2.43. The van der Waals surface area contributed by atoms with E-state index in [1.165, 1.54) is 38.8 Å². The van der Waals surface area contributed by atoms with Crippen LogP contribution in [-0.2, 0) is 0 Å². The number of hydrogen-bond donors (Lipinski definition) is 2. The second kappa shape index (κ2) is 7.20. The molecule has 1 rings (SSSR count). The van der Waals surface area contributed by atoms with Crippen LogP contribution in [0.25, 0.3) is 0 Å². The standard InChI is InChI=1S/C12H26N2O/c1-2-11-4-3-7-14(8-5-11)10-12(13)6-9-15/h11-12,15H,2-10,13H2,1H3. The van der Waals surface area contributed by atoms with E-state index in [2.05, 4.69) is 11.8 Å². The van der Waals surface area contributed by atoms with Crippen molar-refractivity contribution in [3.8, 4) is 0 Å². The molecular weight excluding hydrogens is 188 g/mol. The Kier molecular flexibility index (Phi) is 6.22. The second-order valence-electron chi connectivity index (χ2n) is 4.78. The van der Waals surface area contributed by atoms with Gasteiger partial charge in [-0.2, -0.15) is 0 Å². The molecule has 3 nitrogen and oxygen atoms in total. The van der Waals surface area contributed by atoms with E-state index >= 15 is 0 Å². The zero-order valence-electron chi connectivity index (χ0n) is 9.99. The maximum absolute atomic E-state index is 8.80. The van der Waals surface area contributed by atoms with Gasteiger partial charge in [-0.1, -0.05) is 13.3 Å². The van der Waals surface area contributed by atoms with Gasteiger partial charge in [0.15, 0.2) is 0 Å². The minimum Gasteiger partial charge on any atom is -0.396 e. The van der Waals surface area contributed by atoms with Crippen LogP contribution in [0.5, 0.6) is 0 Å². The van der Waals surface area contributed by atoms with Crippen LogP contribution in [0.2, 0.25) is 0 Å². The molecule has 0 bridgehead atoms. The van der Waals surface area contributed by atoms with Gasteiger partial charge in [-0.25, -0.2) is 0 Å². The summed E-state index contributed by atoms with van der Waals surface area (Å²) in [5.74, 6) is 0.920. The molecule has 2 unspecified atom stereocenters. The number of nitrogens with zero attached hydrogens (tertiary/aromatic N) is 1. The Morgan fingerprint density at radius 3 is 2.87 bits per heavy atom. The molecule has 0 spiro atoms. The maximum Gasteiger partial charge on any atom is 0.0446 e. The van der Waals surface area contributed by atoms with Crippen LogP contribution in [0.15, 0.2) is 0 Å². The van der Waals surface area contributed by atoms with Crippen LogP contribution in [0.3, 0.4) is 0 Å². The summed E-state index contributed by atoms with van der Waals surface area (Å²) < 4.78 is 0. The fourth-order valence-electron chi connectivity index (χ4n) is 2.40. The number of rotatable bonds is 5. The number of hydrogen-bond acceptors (Lipinski definition) is 3. The molecule has 1 heterocycles. The first-order chi connectivity index (χ1) is 7.26. The third kappa shape index (κ3) is 4.96. The number of nitrogens with two attached hydrogens (primary N) is 1. The van der Waals surface area contributed by atoms with Gasteiger partial charge in [0, 0.05) is 19.2 Å². The van der Waals surface area contributed by atoms with Crippen molar-refractivity contribution in [1.29, 1.82) is 0 Å². The van der Waals surface area contributed by atoms with Gasteiger partial charge in [-0.3, -0.25) is 0 Å². The molecule has 0 aromatic heterocycles. The Bertz CT molecular complexity index is 164. The van der Waals surface area contributed by atoms with Gasteiger partial charge in [-0.15, -0.1) is 0 Å². The molecule has 1 aliphatic heterocycles. The molecule has 0 aliphatic carbocycles. The minimum atomic E-state index is 0.146. The molecule has 0 amide bonds. The molecule has 3 N–H and O–H groups in total. The van der Waals surface area contributed by atoms with E-state index < -0.39 is 0 Å². The highest BCUT2D eigenvalue weighted by Gasteiger charge is 2.17. The first-order valence-electron chi connectivity index (χ1n) is 6.35. The molecule has 0 aromatic carbocycles. The Morgan fingerprint density at radius 2 is 2.20 bits per heavy atom. The summed E-state index contributed by atoms with van der Waals surface area (Å²) in [7, 11) is 0. The topological polar surface area (TPSA) is 49.5 Å². The average molecular weight is 214 g/mol. The van der Waals surface area contributed by atoms with Gasteiger partial charge in [0.1, 0.15) is 0 Å². The molecular formula is C12H26N2O. The third-order valence-electron chi connectivity index (χ3n) is 3.51. The van der Waals surface area contributed by atoms with Crippen molar-refractivity contribution in [2.75, 3.05) is 26.2 Å². The van der Waals surface area contributed by atoms with E-state index in [1.54, 1.807) is 0 Å². The Balaban J connectivity index is 2.24. The van der Waals surface area contributed by atoms with E-state index in [4.69, 9.17) is 10.8 Å². The fraction of sp³-hybridized carbons (Fsp3) is 1.00. The zero-order valence-corrected chi connectivity index (χ0v) is 9.99. The molecule has 2 atom stereocenters. The van der Waals surface area contributed by atoms with Crippen LogP contribution in [0.4, 0.5) is 0 Å². The first-order valence-corrected chi connectivity index (χ1v) is 6.35. The van der Waals surface area contributed by atoms with Gasteiger partial charge < -0.3 is 15.7 Å². The van der Waals surface area contributed by atoms with E-state index in [9.17, 15) is 0 Å². The zero-order chi connectivity index (χ0) is 11.1. The lowest BCUT2D eigenvalue weighted by atomic mass is 9.98. The van der Waals surface area contributed by atoms with Crippen LogP contribution in [-0.4, -0.2) is 42.3 Å². The molecule has 1 saturated heterocycles. The predicted octanol–water partition coefficient (Wildman–Crippen LogP) is 1.21. The van der Waals surface area contributed by atoms with E-state index in [0.717, 1.165) is 18.9 Å². The van der Waals surface area contributed by atoms with Crippen molar-refractivity contribution in [2.24, 2.45) is 11.7 Å². The Hall–Kier alpha value is -0.120. The van der Waals surface area contributed by atoms with Gasteiger partial charge in [0.2, 0.25) is 0 Å². The van der Waals surface area contributed by atoms with Crippen molar-refractivity contribution in [3.05, 3.63) is 0 Å². The van der Waals surface area contributed by atoms with Crippen molar-refractivity contribution < 1.29 is 5.11 Å². The summed E-state index contributed by atoms with van der Waals surface area (Å²) in [4.78, 5) is 2.47. The smallest absolute Gasteiger partial charge is 0.0446 e. The van der Waals surface area contributed by atoms with Crippen LogP contribution in [0, 0.1) is 5.92 Å². The second-order valence-corrected chi connectivity index (χ2v) is 4.78. The largest absolute Gasteiger partial charge is 0.396 e. The number of likely N-dealkylation sites (tertiary alicyclic amines) is 1. The van der Waals surface area contributed by atoms with Gasteiger partial charge in [-0.05, 0) is 44.7 Å². The molecule has 15 heavy (non-hydrogen) atoms. The van der Waals surface area contributed by atoms with Crippen molar-refractivity contribution in [2.45, 2.75) is 45.1 Å². The highest BCUT2D eigenvalue weighted by atomic mass is 16.3. The van der Waals surface area contributed by atoms with Crippen molar-refractivity contribution in [3.63, 3.8) is 0 Å². The highest BCUT2D eigenvalue weighted by molar-refractivity contribution is 4.73. The number of aliphatic hydroxyl groups is 1. The first kappa shape index (κ1) is 12.9. The summed E-state index contributed by atoms with van der Waals surface area (Å²) in [6.07, 6.45) is 6.05. The summed E-state index contributed by atoms with van der Waals surface area (Å²) >= 11 is 0. The fourth-order valence-corrected chi connectivity index (χ4v) is 2.40. The lowest BCUT2D eigenvalue weighted by Crippen LogP contribution is -2.38. The van der Waals surface area contributed by atoms with Crippen LogP contribution >= 0.6 is 0 Å². The van der Waals surface area contributed by atoms with E-state index in [0.29, 0.717) is 0 Å². The van der Waals surface area contributed by atoms with Crippen LogP contribution in [0.1, 0.15) is 39.0 Å². The minimum absolute atomic E-state index is 0.146. The lowest BCUT2D eigenvalue weighted by molar-refractivity contribution is 0.227. The summed E-state index contributed by atoms with van der Waals surface area (Å²) in [6, 6.07) is 0.146. The van der Waals surface area contributed by atoms with Gasteiger partial charge in [0.25, 0.3) is 0 Å². The number of aliphatic hydroxyl groups excluding tert-OH is 1. The molecule has 1 aliphatic rings. The van der Waals surface area contributed by atoms with Gasteiger partial charge in [0.05, 0.1) is 0 Å². The molecule has 0 radical (unpaired) electrons. The SMILES string of the molecule is CCC1CCCN(CC(N)CCO)CC1. The lowest BCUT2D eigenvalue weighted by Gasteiger charge is -2.23. The predicted molar refractivity (Wildman–Crippen MR) is 63.8 cm³/mol. The van der Waals surface area contributed by atoms with Gasteiger partial charge >= 0.3 is 0 Å². The van der Waals surface area contributed by atoms with Crippen molar-refractivity contribution >= 4 is 0 Å².